The number of hydrogen-bond acceptors (Lipinski definition) is 3. The summed E-state index contributed by atoms with van der Waals surface area (Å²) in [5, 5.41) is 1.16. The van der Waals surface area contributed by atoms with Crippen molar-refractivity contribution in [3.05, 3.63) is 65.2 Å². The molecule has 1 saturated heterocycles. The van der Waals surface area contributed by atoms with Gasteiger partial charge in [-0.2, -0.15) is 0 Å². The molecule has 28 heavy (non-hydrogen) atoms. The van der Waals surface area contributed by atoms with Crippen LogP contribution in [-0.4, -0.2) is 51.9 Å². The fourth-order valence-electron chi connectivity index (χ4n) is 3.90. The fraction of sp³-hybridized carbons (Fsp3) is 0.364. The van der Waals surface area contributed by atoms with Gasteiger partial charge in [-0.1, -0.05) is 26.0 Å². The van der Waals surface area contributed by atoms with Gasteiger partial charge in [0.05, 0.1) is 5.56 Å². The van der Waals surface area contributed by atoms with E-state index < -0.39 is 5.82 Å². The Kier molecular flexibility index (Phi) is 5.13. The summed E-state index contributed by atoms with van der Waals surface area (Å²) in [6, 6.07) is 10.3. The van der Waals surface area contributed by atoms with Gasteiger partial charge in [-0.15, -0.1) is 0 Å². The molecule has 1 aromatic carbocycles. The first-order valence-corrected chi connectivity index (χ1v) is 9.76. The van der Waals surface area contributed by atoms with Gasteiger partial charge in [0.15, 0.2) is 0 Å². The lowest BCUT2D eigenvalue weighted by Gasteiger charge is -2.35. The summed E-state index contributed by atoms with van der Waals surface area (Å²) in [4.78, 5) is 24.6. The van der Waals surface area contributed by atoms with E-state index in [0.717, 1.165) is 30.7 Å². The molecule has 1 fully saturated rings. The van der Waals surface area contributed by atoms with Gasteiger partial charge >= 0.3 is 0 Å². The predicted octanol–water partition coefficient (Wildman–Crippen LogP) is 3.78. The summed E-state index contributed by atoms with van der Waals surface area (Å²) in [5.74, 6) is -0.298. The van der Waals surface area contributed by atoms with Gasteiger partial charge in [0.25, 0.3) is 5.91 Å². The molecule has 146 valence electrons. The number of aromatic nitrogens is 2. The monoisotopic (exact) mass is 380 g/mol. The van der Waals surface area contributed by atoms with Crippen LogP contribution in [0.2, 0.25) is 0 Å². The van der Waals surface area contributed by atoms with Crippen molar-refractivity contribution < 1.29 is 9.18 Å². The van der Waals surface area contributed by atoms with Crippen molar-refractivity contribution in [1.82, 2.24) is 19.8 Å². The third-order valence-corrected chi connectivity index (χ3v) is 5.43. The quantitative estimate of drug-likeness (QED) is 0.749. The zero-order valence-corrected chi connectivity index (χ0v) is 16.3. The van der Waals surface area contributed by atoms with Crippen molar-refractivity contribution in [3.8, 4) is 0 Å². The molecular weight excluding hydrogens is 355 g/mol. The first-order valence-electron chi connectivity index (χ1n) is 9.76. The van der Waals surface area contributed by atoms with Gasteiger partial charge in [0.1, 0.15) is 11.5 Å². The van der Waals surface area contributed by atoms with Crippen LogP contribution < -0.4 is 0 Å². The lowest BCUT2D eigenvalue weighted by Crippen LogP contribution is -2.48. The van der Waals surface area contributed by atoms with Crippen molar-refractivity contribution in [2.75, 3.05) is 26.2 Å². The van der Waals surface area contributed by atoms with Crippen molar-refractivity contribution in [2.45, 2.75) is 26.3 Å². The molecule has 0 saturated carbocycles. The van der Waals surface area contributed by atoms with E-state index in [2.05, 4.69) is 34.8 Å². The SMILES string of the molecule is CC(C)c1[nH]c2ncccc2c1CN1CCN(C(=O)c2ccccc2F)CC1. The summed E-state index contributed by atoms with van der Waals surface area (Å²) in [6.07, 6.45) is 1.81. The molecule has 1 aliphatic rings. The first-order chi connectivity index (χ1) is 13.5. The fourth-order valence-corrected chi connectivity index (χ4v) is 3.90. The number of pyridine rings is 1. The summed E-state index contributed by atoms with van der Waals surface area (Å²) < 4.78 is 13.9. The average molecular weight is 380 g/mol. The number of carbonyl (C=O) groups excluding carboxylic acids is 1. The molecule has 0 spiro atoms. The summed E-state index contributed by atoms with van der Waals surface area (Å²) in [6.45, 7) is 7.92. The number of H-pyrrole nitrogens is 1. The summed E-state index contributed by atoms with van der Waals surface area (Å²) in [7, 11) is 0. The van der Waals surface area contributed by atoms with E-state index in [1.807, 2.05) is 6.07 Å². The van der Waals surface area contributed by atoms with Crippen LogP contribution in [0.15, 0.2) is 42.6 Å². The van der Waals surface area contributed by atoms with E-state index in [-0.39, 0.29) is 11.5 Å². The number of halogens is 1. The standard InChI is InChI=1S/C22H25FN4O/c1-15(2)20-18(16-7-5-9-24-21(16)25-20)14-26-10-12-27(13-11-26)22(28)17-6-3-4-8-19(17)23/h3-9,15H,10-14H2,1-2H3,(H,24,25). The minimum absolute atomic E-state index is 0.153. The molecule has 3 heterocycles. The van der Waals surface area contributed by atoms with E-state index in [9.17, 15) is 9.18 Å². The maximum absolute atomic E-state index is 13.9. The Hall–Kier alpha value is -2.73. The van der Waals surface area contributed by atoms with E-state index in [0.29, 0.717) is 19.0 Å². The number of benzene rings is 1. The smallest absolute Gasteiger partial charge is 0.256 e. The van der Waals surface area contributed by atoms with Crippen molar-refractivity contribution >= 4 is 16.9 Å². The molecule has 0 radical (unpaired) electrons. The number of hydrogen-bond donors (Lipinski definition) is 1. The van der Waals surface area contributed by atoms with Crippen LogP contribution >= 0.6 is 0 Å². The summed E-state index contributed by atoms with van der Waals surface area (Å²) >= 11 is 0. The number of rotatable bonds is 4. The van der Waals surface area contributed by atoms with Crippen LogP contribution in [0, 0.1) is 5.82 Å². The van der Waals surface area contributed by atoms with Crippen LogP contribution in [-0.2, 0) is 6.54 Å². The van der Waals surface area contributed by atoms with Gasteiger partial charge < -0.3 is 9.88 Å². The molecule has 0 unspecified atom stereocenters. The Morgan fingerprint density at radius 1 is 1.14 bits per heavy atom. The predicted molar refractivity (Wildman–Crippen MR) is 108 cm³/mol. The molecule has 1 amide bonds. The number of nitrogens with one attached hydrogen (secondary N) is 1. The Morgan fingerprint density at radius 3 is 2.61 bits per heavy atom. The molecule has 1 aliphatic heterocycles. The van der Waals surface area contributed by atoms with Gasteiger partial charge in [-0.05, 0) is 35.7 Å². The lowest BCUT2D eigenvalue weighted by atomic mass is 10.0. The maximum Gasteiger partial charge on any atom is 0.256 e. The number of aromatic amines is 1. The zero-order chi connectivity index (χ0) is 19.7. The van der Waals surface area contributed by atoms with Crippen molar-refractivity contribution in [2.24, 2.45) is 0 Å². The van der Waals surface area contributed by atoms with Crippen LogP contribution in [0.3, 0.4) is 0 Å². The number of nitrogens with zero attached hydrogens (tertiary/aromatic N) is 3. The second-order valence-electron chi connectivity index (χ2n) is 7.62. The minimum Gasteiger partial charge on any atom is -0.343 e. The average Bonchev–Trinajstić information content (AvgIpc) is 3.07. The second-order valence-corrected chi connectivity index (χ2v) is 7.62. The van der Waals surface area contributed by atoms with E-state index in [1.165, 1.54) is 17.3 Å². The Bertz CT molecular complexity index is 989. The molecule has 0 aliphatic carbocycles. The number of piperazine rings is 1. The van der Waals surface area contributed by atoms with Gasteiger partial charge in [0.2, 0.25) is 0 Å². The van der Waals surface area contributed by atoms with Gasteiger partial charge in [-0.3, -0.25) is 9.69 Å². The van der Waals surface area contributed by atoms with E-state index in [4.69, 9.17) is 0 Å². The van der Waals surface area contributed by atoms with Crippen LogP contribution in [0.1, 0.15) is 41.4 Å². The molecule has 5 nitrogen and oxygen atoms in total. The molecule has 3 aromatic rings. The Labute approximate surface area is 164 Å². The first kappa shape index (κ1) is 18.6. The van der Waals surface area contributed by atoms with Gasteiger partial charge in [0, 0.05) is 50.0 Å². The lowest BCUT2D eigenvalue weighted by molar-refractivity contribution is 0.0624. The Morgan fingerprint density at radius 2 is 1.89 bits per heavy atom. The molecule has 6 heteroatoms. The van der Waals surface area contributed by atoms with Crippen LogP contribution in [0.5, 0.6) is 0 Å². The molecule has 2 aromatic heterocycles. The normalized spacial score (nSPS) is 15.5. The highest BCUT2D eigenvalue weighted by Gasteiger charge is 2.25. The topological polar surface area (TPSA) is 52.2 Å². The molecule has 0 bridgehead atoms. The summed E-state index contributed by atoms with van der Waals surface area (Å²) in [5.41, 5.74) is 3.58. The number of fused-ring (bicyclic) bond motifs is 1. The van der Waals surface area contributed by atoms with Crippen LogP contribution in [0.25, 0.3) is 11.0 Å². The highest BCUT2D eigenvalue weighted by Crippen LogP contribution is 2.28. The zero-order valence-electron chi connectivity index (χ0n) is 16.3. The van der Waals surface area contributed by atoms with E-state index >= 15 is 0 Å². The third-order valence-electron chi connectivity index (χ3n) is 5.43. The van der Waals surface area contributed by atoms with Gasteiger partial charge in [-0.25, -0.2) is 9.37 Å². The highest BCUT2D eigenvalue weighted by atomic mass is 19.1. The number of carbonyl (C=O) groups is 1. The molecule has 1 N–H and O–H groups in total. The van der Waals surface area contributed by atoms with E-state index in [1.54, 1.807) is 29.3 Å². The van der Waals surface area contributed by atoms with Crippen LogP contribution in [0.4, 0.5) is 4.39 Å². The largest absolute Gasteiger partial charge is 0.343 e. The Balaban J connectivity index is 1.47. The maximum atomic E-state index is 13.9. The minimum atomic E-state index is -0.456. The number of amides is 1. The van der Waals surface area contributed by atoms with Crippen molar-refractivity contribution in [3.63, 3.8) is 0 Å². The molecule has 0 atom stereocenters. The highest BCUT2D eigenvalue weighted by molar-refractivity contribution is 5.94. The van der Waals surface area contributed by atoms with Crippen molar-refractivity contribution in [1.29, 1.82) is 0 Å². The third kappa shape index (κ3) is 3.52. The molecule has 4 rings (SSSR count). The molecular formula is C22H25FN4O. The second kappa shape index (κ2) is 7.72.